The summed E-state index contributed by atoms with van der Waals surface area (Å²) in [7, 11) is 0. The monoisotopic (exact) mass is 225 g/mol. The number of piperazine rings is 1. The van der Waals surface area contributed by atoms with Gasteiger partial charge >= 0.3 is 6.03 Å². The Hall–Kier alpha value is -1.65. The molecule has 1 aliphatic rings. The van der Waals surface area contributed by atoms with E-state index in [1.807, 2.05) is 10.2 Å². The average Bonchev–Trinajstić information content (AvgIpc) is 2.26. The summed E-state index contributed by atoms with van der Waals surface area (Å²) in [4.78, 5) is 23.5. The number of nitrogens with two attached hydrogens (primary N) is 1. The second kappa shape index (κ2) is 6.05. The molecule has 1 heterocycles. The lowest BCUT2D eigenvalue weighted by atomic mass is 10.2. The van der Waals surface area contributed by atoms with Crippen molar-refractivity contribution in [1.29, 1.82) is 5.26 Å². The number of primary amides is 1. The van der Waals surface area contributed by atoms with E-state index >= 15 is 0 Å². The quantitative estimate of drug-likeness (QED) is 0.534. The fraction of sp³-hybridized carbons (Fsp3) is 0.667. The Morgan fingerprint density at radius 2 is 2.38 bits per heavy atom. The molecule has 1 atom stereocenters. The number of rotatable bonds is 3. The van der Waals surface area contributed by atoms with Crippen molar-refractivity contribution in [3.8, 4) is 6.07 Å². The van der Waals surface area contributed by atoms with Crippen LogP contribution in [0.5, 0.6) is 0 Å². The fourth-order valence-electron chi connectivity index (χ4n) is 1.59. The van der Waals surface area contributed by atoms with Crippen molar-refractivity contribution in [2.24, 2.45) is 5.73 Å². The molecule has 88 valence electrons. The average molecular weight is 225 g/mol. The van der Waals surface area contributed by atoms with Crippen LogP contribution in [-0.2, 0) is 4.79 Å². The highest BCUT2D eigenvalue weighted by Crippen LogP contribution is 2.02. The highest BCUT2D eigenvalue weighted by molar-refractivity contribution is 5.93. The van der Waals surface area contributed by atoms with Gasteiger partial charge in [0.2, 0.25) is 5.91 Å². The molecule has 3 amide bonds. The smallest absolute Gasteiger partial charge is 0.318 e. The van der Waals surface area contributed by atoms with Crippen LogP contribution >= 0.6 is 0 Å². The third-order valence-corrected chi connectivity index (χ3v) is 2.39. The Labute approximate surface area is 93.6 Å². The van der Waals surface area contributed by atoms with Crippen LogP contribution in [0.15, 0.2) is 0 Å². The topological polar surface area (TPSA) is 111 Å². The van der Waals surface area contributed by atoms with Crippen molar-refractivity contribution in [2.45, 2.75) is 12.5 Å². The van der Waals surface area contributed by atoms with E-state index in [4.69, 9.17) is 11.0 Å². The molecule has 1 aliphatic heterocycles. The van der Waals surface area contributed by atoms with Gasteiger partial charge in [0.25, 0.3) is 0 Å². The van der Waals surface area contributed by atoms with Crippen LogP contribution in [0.4, 0.5) is 4.79 Å². The van der Waals surface area contributed by atoms with Crippen LogP contribution in [0, 0.1) is 11.3 Å². The molecule has 0 radical (unpaired) electrons. The summed E-state index contributed by atoms with van der Waals surface area (Å²) in [6.07, 6.45) is 0.168. The molecule has 7 nitrogen and oxygen atoms in total. The molecule has 16 heavy (non-hydrogen) atoms. The van der Waals surface area contributed by atoms with Gasteiger partial charge in [0, 0.05) is 32.6 Å². The van der Waals surface area contributed by atoms with E-state index in [-0.39, 0.29) is 12.5 Å². The van der Waals surface area contributed by atoms with Gasteiger partial charge in [-0.25, -0.2) is 4.79 Å². The van der Waals surface area contributed by atoms with E-state index in [0.29, 0.717) is 13.1 Å². The lowest BCUT2D eigenvalue weighted by Gasteiger charge is -2.31. The first-order valence-corrected chi connectivity index (χ1v) is 5.07. The van der Waals surface area contributed by atoms with Gasteiger partial charge in [-0.1, -0.05) is 0 Å². The predicted octanol–water partition coefficient (Wildman–Crippen LogP) is -1.63. The van der Waals surface area contributed by atoms with Gasteiger partial charge < -0.3 is 11.1 Å². The Bertz CT molecular complexity index is 312. The van der Waals surface area contributed by atoms with Crippen LogP contribution in [-0.4, -0.2) is 49.1 Å². The number of carbonyl (C=O) groups excluding carboxylic acids is 2. The van der Waals surface area contributed by atoms with Crippen LogP contribution in [0.2, 0.25) is 0 Å². The van der Waals surface area contributed by atoms with Gasteiger partial charge in [-0.05, 0) is 0 Å². The SMILES string of the molecule is N#CC1CNCCN1CCC(=O)NC(N)=O. The zero-order valence-corrected chi connectivity index (χ0v) is 8.90. The Kier molecular flexibility index (Phi) is 4.69. The number of hydrogen-bond donors (Lipinski definition) is 3. The Morgan fingerprint density at radius 3 is 3.00 bits per heavy atom. The summed E-state index contributed by atoms with van der Waals surface area (Å²) >= 11 is 0. The zero-order valence-electron chi connectivity index (χ0n) is 8.90. The molecule has 1 rings (SSSR count). The summed E-state index contributed by atoms with van der Waals surface area (Å²) in [6.45, 7) is 2.59. The summed E-state index contributed by atoms with van der Waals surface area (Å²) in [5, 5.41) is 14.0. The van der Waals surface area contributed by atoms with E-state index in [9.17, 15) is 9.59 Å². The van der Waals surface area contributed by atoms with Crippen LogP contribution in [0.1, 0.15) is 6.42 Å². The highest BCUT2D eigenvalue weighted by atomic mass is 16.2. The molecule has 4 N–H and O–H groups in total. The zero-order chi connectivity index (χ0) is 12.0. The molecule has 0 aromatic heterocycles. The van der Waals surface area contributed by atoms with Crippen LogP contribution < -0.4 is 16.4 Å². The number of urea groups is 1. The molecule has 1 fully saturated rings. The summed E-state index contributed by atoms with van der Waals surface area (Å²) in [5.74, 6) is -0.414. The van der Waals surface area contributed by atoms with Crippen LogP contribution in [0.3, 0.4) is 0 Å². The third kappa shape index (κ3) is 3.84. The van der Waals surface area contributed by atoms with Gasteiger partial charge in [0.1, 0.15) is 6.04 Å². The first-order valence-electron chi connectivity index (χ1n) is 5.07. The number of nitriles is 1. The standard InChI is InChI=1S/C9H15N5O2/c10-5-7-6-12-2-4-14(7)3-1-8(15)13-9(11)16/h7,12H,1-4,6H2,(H3,11,13,15,16). The molecular formula is C9H15N5O2. The lowest BCUT2D eigenvalue weighted by molar-refractivity contribution is -0.120. The lowest BCUT2D eigenvalue weighted by Crippen LogP contribution is -2.51. The maximum Gasteiger partial charge on any atom is 0.318 e. The molecule has 7 heteroatoms. The van der Waals surface area contributed by atoms with E-state index in [1.165, 1.54) is 0 Å². The molecule has 1 saturated heterocycles. The normalized spacial score (nSPS) is 21.1. The van der Waals surface area contributed by atoms with E-state index in [0.717, 1.165) is 13.1 Å². The third-order valence-electron chi connectivity index (χ3n) is 2.39. The predicted molar refractivity (Wildman–Crippen MR) is 56.2 cm³/mol. The van der Waals surface area contributed by atoms with Crippen LogP contribution in [0.25, 0.3) is 0 Å². The summed E-state index contributed by atoms with van der Waals surface area (Å²) in [5.41, 5.74) is 4.81. The molecule has 0 aromatic carbocycles. The van der Waals surface area contributed by atoms with Crippen molar-refractivity contribution in [1.82, 2.24) is 15.5 Å². The van der Waals surface area contributed by atoms with Crippen molar-refractivity contribution in [3.63, 3.8) is 0 Å². The van der Waals surface area contributed by atoms with Crippen molar-refractivity contribution < 1.29 is 9.59 Å². The minimum Gasteiger partial charge on any atom is -0.351 e. The van der Waals surface area contributed by atoms with Gasteiger partial charge in [-0.3, -0.25) is 15.0 Å². The molecule has 1 unspecified atom stereocenters. The molecule has 0 saturated carbocycles. The number of imide groups is 1. The van der Waals surface area contributed by atoms with Gasteiger partial charge in [0.15, 0.2) is 0 Å². The summed E-state index contributed by atoms with van der Waals surface area (Å²) < 4.78 is 0. The summed E-state index contributed by atoms with van der Waals surface area (Å²) in [6, 6.07) is 1.10. The number of carbonyl (C=O) groups is 2. The minimum atomic E-state index is -0.845. The van der Waals surface area contributed by atoms with Crippen molar-refractivity contribution in [3.05, 3.63) is 0 Å². The number of amides is 3. The molecule has 0 spiro atoms. The first-order chi connectivity index (χ1) is 7.63. The highest BCUT2D eigenvalue weighted by Gasteiger charge is 2.21. The Morgan fingerprint density at radius 1 is 1.62 bits per heavy atom. The van der Waals surface area contributed by atoms with Gasteiger partial charge in [-0.15, -0.1) is 0 Å². The van der Waals surface area contributed by atoms with Gasteiger partial charge in [-0.2, -0.15) is 5.26 Å². The van der Waals surface area contributed by atoms with Crippen molar-refractivity contribution >= 4 is 11.9 Å². The van der Waals surface area contributed by atoms with Crippen molar-refractivity contribution in [2.75, 3.05) is 26.2 Å². The van der Waals surface area contributed by atoms with E-state index < -0.39 is 11.9 Å². The molecular weight excluding hydrogens is 210 g/mol. The second-order valence-corrected chi connectivity index (χ2v) is 3.55. The first kappa shape index (κ1) is 12.4. The molecule has 0 bridgehead atoms. The second-order valence-electron chi connectivity index (χ2n) is 3.55. The number of nitrogens with one attached hydrogen (secondary N) is 2. The maximum atomic E-state index is 11.2. The Balaban J connectivity index is 2.33. The number of nitrogens with zero attached hydrogens (tertiary/aromatic N) is 2. The van der Waals surface area contributed by atoms with E-state index in [2.05, 4.69) is 11.4 Å². The molecule has 0 aliphatic carbocycles. The number of hydrogen-bond acceptors (Lipinski definition) is 5. The van der Waals surface area contributed by atoms with E-state index in [1.54, 1.807) is 0 Å². The van der Waals surface area contributed by atoms with Gasteiger partial charge in [0.05, 0.1) is 6.07 Å². The minimum absolute atomic E-state index is 0.168. The fourth-order valence-corrected chi connectivity index (χ4v) is 1.59. The molecule has 0 aromatic rings. The maximum absolute atomic E-state index is 11.2. The largest absolute Gasteiger partial charge is 0.351 e.